The molecular weight excluding hydrogens is 364 g/mol. The minimum absolute atomic E-state index is 0.0595. The SMILES string of the molecule is CC(Sc1nnc(-c2cccs2)n1C1CC1)C(=O)N(C)c1ccccc1. The summed E-state index contributed by atoms with van der Waals surface area (Å²) in [7, 11) is 1.82. The van der Waals surface area contributed by atoms with Crippen molar-refractivity contribution in [3.63, 3.8) is 0 Å². The molecule has 4 rings (SSSR count). The second kappa shape index (κ2) is 7.25. The number of hydrogen-bond acceptors (Lipinski definition) is 5. The molecule has 0 radical (unpaired) electrons. The molecule has 26 heavy (non-hydrogen) atoms. The van der Waals surface area contributed by atoms with Gasteiger partial charge in [0.15, 0.2) is 11.0 Å². The third kappa shape index (κ3) is 3.41. The van der Waals surface area contributed by atoms with E-state index in [2.05, 4.69) is 26.2 Å². The number of amides is 1. The van der Waals surface area contributed by atoms with Gasteiger partial charge in [0.25, 0.3) is 0 Å². The van der Waals surface area contributed by atoms with Crippen LogP contribution >= 0.6 is 23.1 Å². The van der Waals surface area contributed by atoms with Gasteiger partial charge in [0.05, 0.1) is 10.1 Å². The van der Waals surface area contributed by atoms with E-state index in [1.54, 1.807) is 16.2 Å². The number of para-hydroxylation sites is 1. The highest BCUT2D eigenvalue weighted by Crippen LogP contribution is 2.42. The highest BCUT2D eigenvalue weighted by molar-refractivity contribution is 8.00. The Morgan fingerprint density at radius 2 is 2.00 bits per heavy atom. The fraction of sp³-hybridized carbons (Fsp3) is 0.316. The van der Waals surface area contributed by atoms with Gasteiger partial charge in [-0.15, -0.1) is 21.5 Å². The van der Waals surface area contributed by atoms with Gasteiger partial charge in [-0.2, -0.15) is 0 Å². The van der Waals surface area contributed by atoms with Crippen molar-refractivity contribution < 1.29 is 4.79 Å². The summed E-state index contributed by atoms with van der Waals surface area (Å²) in [5.74, 6) is 0.977. The van der Waals surface area contributed by atoms with Crippen LogP contribution in [0.15, 0.2) is 53.0 Å². The van der Waals surface area contributed by atoms with Crippen molar-refractivity contribution in [1.29, 1.82) is 0 Å². The van der Waals surface area contributed by atoms with E-state index in [1.165, 1.54) is 11.8 Å². The van der Waals surface area contributed by atoms with E-state index in [0.717, 1.165) is 34.4 Å². The first-order chi connectivity index (χ1) is 12.6. The lowest BCUT2D eigenvalue weighted by Crippen LogP contribution is -2.33. The maximum absolute atomic E-state index is 12.8. The third-order valence-corrected chi connectivity index (χ3v) is 6.33. The van der Waals surface area contributed by atoms with Crippen LogP contribution in [-0.2, 0) is 4.79 Å². The Morgan fingerprint density at radius 1 is 1.23 bits per heavy atom. The summed E-state index contributed by atoms with van der Waals surface area (Å²) >= 11 is 3.16. The van der Waals surface area contributed by atoms with E-state index in [0.29, 0.717) is 6.04 Å². The number of benzene rings is 1. The maximum atomic E-state index is 12.8. The first-order valence-corrected chi connectivity index (χ1v) is 10.4. The molecule has 0 spiro atoms. The Kier molecular flexibility index (Phi) is 4.82. The number of thioether (sulfide) groups is 1. The number of carbonyl (C=O) groups is 1. The number of carbonyl (C=O) groups excluding carboxylic acids is 1. The van der Waals surface area contributed by atoms with Crippen molar-refractivity contribution in [3.8, 4) is 10.7 Å². The minimum atomic E-state index is -0.238. The predicted molar refractivity (Wildman–Crippen MR) is 107 cm³/mol. The van der Waals surface area contributed by atoms with Gasteiger partial charge in [-0.1, -0.05) is 36.0 Å². The van der Waals surface area contributed by atoms with E-state index < -0.39 is 0 Å². The Labute approximate surface area is 161 Å². The zero-order valence-corrected chi connectivity index (χ0v) is 16.3. The molecule has 3 aromatic rings. The molecule has 1 fully saturated rings. The predicted octanol–water partition coefficient (Wildman–Crippen LogP) is 4.49. The molecule has 5 nitrogen and oxygen atoms in total. The van der Waals surface area contributed by atoms with E-state index in [-0.39, 0.29) is 11.2 Å². The van der Waals surface area contributed by atoms with Gasteiger partial charge >= 0.3 is 0 Å². The van der Waals surface area contributed by atoms with E-state index >= 15 is 0 Å². The van der Waals surface area contributed by atoms with Crippen molar-refractivity contribution >= 4 is 34.7 Å². The van der Waals surface area contributed by atoms with Crippen LogP contribution in [0.3, 0.4) is 0 Å². The first kappa shape index (κ1) is 17.3. The van der Waals surface area contributed by atoms with Crippen LogP contribution in [0.2, 0.25) is 0 Å². The normalized spacial score (nSPS) is 15.0. The average Bonchev–Trinajstić information content (AvgIpc) is 3.19. The molecule has 134 valence electrons. The summed E-state index contributed by atoms with van der Waals surface area (Å²) in [6.45, 7) is 1.93. The zero-order chi connectivity index (χ0) is 18.1. The standard InChI is InChI=1S/C19H20N4OS2/c1-13(18(24)22(2)14-7-4-3-5-8-14)26-19-21-20-17(16-9-6-12-25-16)23(19)15-10-11-15/h3-9,12-13,15H,10-11H2,1-2H3. The molecule has 0 N–H and O–H groups in total. The average molecular weight is 385 g/mol. The van der Waals surface area contributed by atoms with Gasteiger partial charge in [-0.3, -0.25) is 9.36 Å². The number of aromatic nitrogens is 3. The van der Waals surface area contributed by atoms with Crippen molar-refractivity contribution in [2.45, 2.75) is 36.2 Å². The van der Waals surface area contributed by atoms with E-state index in [4.69, 9.17) is 0 Å². The molecule has 2 aromatic heterocycles. The molecule has 1 amide bonds. The monoisotopic (exact) mass is 384 g/mol. The topological polar surface area (TPSA) is 51.0 Å². The highest BCUT2D eigenvalue weighted by Gasteiger charge is 2.32. The molecule has 1 unspecified atom stereocenters. The molecule has 1 aromatic carbocycles. The second-order valence-electron chi connectivity index (χ2n) is 6.38. The van der Waals surface area contributed by atoms with Crippen LogP contribution < -0.4 is 4.90 Å². The maximum Gasteiger partial charge on any atom is 0.240 e. The lowest BCUT2D eigenvalue weighted by atomic mass is 10.3. The summed E-state index contributed by atoms with van der Waals surface area (Å²) < 4.78 is 2.21. The molecule has 0 aliphatic heterocycles. The van der Waals surface area contributed by atoms with Gasteiger partial charge < -0.3 is 4.90 Å². The highest BCUT2D eigenvalue weighted by atomic mass is 32.2. The molecule has 0 bridgehead atoms. The lowest BCUT2D eigenvalue weighted by Gasteiger charge is -2.21. The van der Waals surface area contributed by atoms with Gasteiger partial charge in [-0.25, -0.2) is 0 Å². The Balaban J connectivity index is 1.54. The Hall–Kier alpha value is -2.12. The fourth-order valence-electron chi connectivity index (χ4n) is 2.85. The van der Waals surface area contributed by atoms with Crippen LogP contribution in [0.1, 0.15) is 25.8 Å². The molecule has 1 aliphatic carbocycles. The molecule has 1 saturated carbocycles. The van der Waals surface area contributed by atoms with E-state index in [1.807, 2.05) is 50.4 Å². The van der Waals surface area contributed by atoms with Gasteiger partial charge in [0, 0.05) is 18.8 Å². The lowest BCUT2D eigenvalue weighted by molar-refractivity contribution is -0.117. The quantitative estimate of drug-likeness (QED) is 0.588. The molecule has 2 heterocycles. The Bertz CT molecular complexity index is 888. The smallest absolute Gasteiger partial charge is 0.240 e. The van der Waals surface area contributed by atoms with Gasteiger partial charge in [0.1, 0.15) is 0 Å². The van der Waals surface area contributed by atoms with Gasteiger partial charge in [0.2, 0.25) is 5.91 Å². The fourth-order valence-corrected chi connectivity index (χ4v) is 4.57. The molecular formula is C19H20N4OS2. The molecule has 1 aliphatic rings. The van der Waals surface area contributed by atoms with Crippen LogP contribution in [-0.4, -0.2) is 33.0 Å². The summed E-state index contributed by atoms with van der Waals surface area (Å²) in [5, 5.41) is 11.5. The minimum Gasteiger partial charge on any atom is -0.315 e. The Morgan fingerprint density at radius 3 is 2.65 bits per heavy atom. The second-order valence-corrected chi connectivity index (χ2v) is 8.63. The van der Waals surface area contributed by atoms with Crippen molar-refractivity contribution in [2.24, 2.45) is 0 Å². The molecule has 7 heteroatoms. The first-order valence-electron chi connectivity index (χ1n) is 8.63. The zero-order valence-electron chi connectivity index (χ0n) is 14.7. The van der Waals surface area contributed by atoms with Gasteiger partial charge in [-0.05, 0) is 43.3 Å². The van der Waals surface area contributed by atoms with Crippen LogP contribution in [0, 0.1) is 0 Å². The van der Waals surface area contributed by atoms with Crippen LogP contribution in [0.25, 0.3) is 10.7 Å². The summed E-state index contributed by atoms with van der Waals surface area (Å²) in [6.07, 6.45) is 2.30. The van der Waals surface area contributed by atoms with Crippen LogP contribution in [0.5, 0.6) is 0 Å². The summed E-state index contributed by atoms with van der Waals surface area (Å²) in [5.41, 5.74) is 0.896. The van der Waals surface area contributed by atoms with Crippen molar-refractivity contribution in [3.05, 3.63) is 47.8 Å². The summed E-state index contributed by atoms with van der Waals surface area (Å²) in [6, 6.07) is 14.3. The number of rotatable bonds is 6. The van der Waals surface area contributed by atoms with Crippen LogP contribution in [0.4, 0.5) is 5.69 Å². The number of nitrogens with zero attached hydrogens (tertiary/aromatic N) is 4. The third-order valence-electron chi connectivity index (χ3n) is 4.42. The van der Waals surface area contributed by atoms with Crippen molar-refractivity contribution in [2.75, 3.05) is 11.9 Å². The largest absolute Gasteiger partial charge is 0.315 e. The number of anilines is 1. The number of hydrogen-bond donors (Lipinski definition) is 0. The number of thiophene rings is 1. The molecule has 0 saturated heterocycles. The van der Waals surface area contributed by atoms with Crippen molar-refractivity contribution in [1.82, 2.24) is 14.8 Å². The van der Waals surface area contributed by atoms with E-state index in [9.17, 15) is 4.79 Å². The summed E-state index contributed by atoms with van der Waals surface area (Å²) in [4.78, 5) is 15.7. The molecule has 1 atom stereocenters.